The lowest BCUT2D eigenvalue weighted by molar-refractivity contribution is 0.424. The van der Waals surface area contributed by atoms with E-state index in [1.54, 1.807) is 0 Å². The second kappa shape index (κ2) is 3.66. The van der Waals surface area contributed by atoms with E-state index in [9.17, 15) is 0 Å². The fourth-order valence-corrected chi connectivity index (χ4v) is 1.56. The minimum Gasteiger partial charge on any atom is -0.356 e. The average molecular weight is 187 g/mol. The lowest BCUT2D eigenvalue weighted by Gasteiger charge is -1.96. The van der Waals surface area contributed by atoms with Crippen LogP contribution in [0, 0.1) is 6.92 Å². The highest BCUT2D eigenvalue weighted by molar-refractivity contribution is 5.61. The summed E-state index contributed by atoms with van der Waals surface area (Å²) < 4.78 is 5.32. The first-order valence-electron chi connectivity index (χ1n) is 4.83. The van der Waals surface area contributed by atoms with Gasteiger partial charge in [0.1, 0.15) is 0 Å². The average Bonchev–Trinajstić information content (AvgIpc) is 2.61. The third-order valence-corrected chi connectivity index (χ3v) is 2.39. The summed E-state index contributed by atoms with van der Waals surface area (Å²) in [6, 6.07) is 10.1. The number of hydrogen-bond donors (Lipinski definition) is 0. The van der Waals surface area contributed by atoms with Crippen LogP contribution in [0.1, 0.15) is 18.2 Å². The molecule has 0 N–H and O–H groups in total. The van der Waals surface area contributed by atoms with Gasteiger partial charge in [-0.3, -0.25) is 0 Å². The third kappa shape index (κ3) is 1.43. The third-order valence-electron chi connectivity index (χ3n) is 2.39. The van der Waals surface area contributed by atoms with Crippen molar-refractivity contribution >= 4 is 0 Å². The molecule has 2 rings (SSSR count). The van der Waals surface area contributed by atoms with Crippen LogP contribution in [-0.2, 0) is 6.42 Å². The SMILES string of the molecule is CCc1noc(-c2ccccc2)c1C. The maximum Gasteiger partial charge on any atom is 0.170 e. The van der Waals surface area contributed by atoms with Gasteiger partial charge < -0.3 is 4.52 Å². The molecule has 0 spiro atoms. The number of rotatable bonds is 2. The largest absolute Gasteiger partial charge is 0.356 e. The van der Waals surface area contributed by atoms with E-state index in [1.807, 2.05) is 30.3 Å². The van der Waals surface area contributed by atoms with E-state index < -0.39 is 0 Å². The molecule has 0 saturated carbocycles. The quantitative estimate of drug-likeness (QED) is 0.721. The van der Waals surface area contributed by atoms with Gasteiger partial charge in [0.05, 0.1) is 5.69 Å². The molecule has 2 nitrogen and oxygen atoms in total. The Labute approximate surface area is 83.5 Å². The Morgan fingerprint density at radius 1 is 1.21 bits per heavy atom. The van der Waals surface area contributed by atoms with E-state index in [0.717, 1.165) is 29.0 Å². The molecule has 1 aromatic heterocycles. The first kappa shape index (κ1) is 9.00. The van der Waals surface area contributed by atoms with Gasteiger partial charge in [-0.05, 0) is 13.3 Å². The summed E-state index contributed by atoms with van der Waals surface area (Å²) in [5, 5.41) is 4.04. The van der Waals surface area contributed by atoms with Crippen molar-refractivity contribution < 1.29 is 4.52 Å². The zero-order valence-electron chi connectivity index (χ0n) is 8.45. The van der Waals surface area contributed by atoms with Gasteiger partial charge in [0, 0.05) is 11.1 Å². The Balaban J connectivity index is 2.48. The molecule has 0 unspecified atom stereocenters. The monoisotopic (exact) mass is 187 g/mol. The Morgan fingerprint density at radius 3 is 2.50 bits per heavy atom. The van der Waals surface area contributed by atoms with Crippen LogP contribution in [0.25, 0.3) is 11.3 Å². The number of benzene rings is 1. The van der Waals surface area contributed by atoms with Gasteiger partial charge in [-0.25, -0.2) is 0 Å². The maximum atomic E-state index is 5.32. The number of aryl methyl sites for hydroxylation is 1. The first-order chi connectivity index (χ1) is 6.83. The highest BCUT2D eigenvalue weighted by Crippen LogP contribution is 2.25. The van der Waals surface area contributed by atoms with E-state index in [1.165, 1.54) is 0 Å². The van der Waals surface area contributed by atoms with Crippen molar-refractivity contribution in [2.24, 2.45) is 0 Å². The molecular weight excluding hydrogens is 174 g/mol. The smallest absolute Gasteiger partial charge is 0.170 e. The number of aromatic nitrogens is 1. The predicted molar refractivity (Wildman–Crippen MR) is 56.1 cm³/mol. The summed E-state index contributed by atoms with van der Waals surface area (Å²) in [5.41, 5.74) is 3.29. The standard InChI is InChI=1S/C12H13NO/c1-3-11-9(2)12(14-13-11)10-7-5-4-6-8-10/h4-8H,3H2,1-2H3. The van der Waals surface area contributed by atoms with Gasteiger partial charge in [0.15, 0.2) is 5.76 Å². The van der Waals surface area contributed by atoms with Crippen LogP contribution < -0.4 is 0 Å². The van der Waals surface area contributed by atoms with E-state index in [4.69, 9.17) is 4.52 Å². The zero-order valence-corrected chi connectivity index (χ0v) is 8.45. The van der Waals surface area contributed by atoms with Crippen LogP contribution in [0.4, 0.5) is 0 Å². The molecule has 2 aromatic rings. The molecule has 14 heavy (non-hydrogen) atoms. The van der Waals surface area contributed by atoms with Crippen molar-refractivity contribution in [3.8, 4) is 11.3 Å². The van der Waals surface area contributed by atoms with Crippen molar-refractivity contribution in [3.05, 3.63) is 41.6 Å². The van der Waals surface area contributed by atoms with Crippen LogP contribution in [0.2, 0.25) is 0 Å². The summed E-state index contributed by atoms with van der Waals surface area (Å²) >= 11 is 0. The Hall–Kier alpha value is -1.57. The van der Waals surface area contributed by atoms with Crippen molar-refractivity contribution in [3.63, 3.8) is 0 Å². The second-order valence-corrected chi connectivity index (χ2v) is 3.30. The molecule has 0 aliphatic rings. The minimum absolute atomic E-state index is 0.891. The molecule has 0 bridgehead atoms. The van der Waals surface area contributed by atoms with Crippen molar-refractivity contribution in [1.82, 2.24) is 5.16 Å². The van der Waals surface area contributed by atoms with Gasteiger partial charge in [-0.1, -0.05) is 42.4 Å². The molecule has 1 heterocycles. The molecular formula is C12H13NO. The summed E-state index contributed by atoms with van der Waals surface area (Å²) in [6.07, 6.45) is 0.919. The van der Waals surface area contributed by atoms with E-state index in [0.29, 0.717) is 0 Å². The topological polar surface area (TPSA) is 26.0 Å². The Kier molecular flexibility index (Phi) is 2.35. The molecule has 0 saturated heterocycles. The van der Waals surface area contributed by atoms with Crippen molar-refractivity contribution in [2.45, 2.75) is 20.3 Å². The normalized spacial score (nSPS) is 10.4. The van der Waals surface area contributed by atoms with E-state index in [2.05, 4.69) is 19.0 Å². The fraction of sp³-hybridized carbons (Fsp3) is 0.250. The zero-order chi connectivity index (χ0) is 9.97. The van der Waals surface area contributed by atoms with E-state index in [-0.39, 0.29) is 0 Å². The summed E-state index contributed by atoms with van der Waals surface area (Å²) in [7, 11) is 0. The molecule has 72 valence electrons. The van der Waals surface area contributed by atoms with Gasteiger partial charge in [0.25, 0.3) is 0 Å². The lowest BCUT2D eigenvalue weighted by Crippen LogP contribution is -1.83. The lowest BCUT2D eigenvalue weighted by atomic mass is 10.1. The fourth-order valence-electron chi connectivity index (χ4n) is 1.56. The predicted octanol–water partition coefficient (Wildman–Crippen LogP) is 3.21. The molecule has 0 radical (unpaired) electrons. The molecule has 0 atom stereocenters. The highest BCUT2D eigenvalue weighted by Gasteiger charge is 2.11. The Morgan fingerprint density at radius 2 is 1.93 bits per heavy atom. The molecule has 2 heteroatoms. The van der Waals surface area contributed by atoms with E-state index >= 15 is 0 Å². The van der Waals surface area contributed by atoms with Gasteiger partial charge in [-0.15, -0.1) is 0 Å². The molecule has 1 aromatic carbocycles. The molecule has 0 fully saturated rings. The van der Waals surface area contributed by atoms with Crippen LogP contribution in [0.15, 0.2) is 34.9 Å². The van der Waals surface area contributed by atoms with Crippen molar-refractivity contribution in [1.29, 1.82) is 0 Å². The van der Waals surface area contributed by atoms with Crippen LogP contribution in [0.5, 0.6) is 0 Å². The molecule has 0 aliphatic heterocycles. The van der Waals surface area contributed by atoms with Gasteiger partial charge in [0.2, 0.25) is 0 Å². The summed E-state index contributed by atoms with van der Waals surface area (Å²) in [5.74, 6) is 0.891. The van der Waals surface area contributed by atoms with Crippen LogP contribution in [-0.4, -0.2) is 5.16 Å². The van der Waals surface area contributed by atoms with Gasteiger partial charge in [-0.2, -0.15) is 0 Å². The number of hydrogen-bond acceptors (Lipinski definition) is 2. The summed E-state index contributed by atoms with van der Waals surface area (Å²) in [6.45, 7) is 4.14. The van der Waals surface area contributed by atoms with Crippen molar-refractivity contribution in [2.75, 3.05) is 0 Å². The first-order valence-corrected chi connectivity index (χ1v) is 4.83. The highest BCUT2D eigenvalue weighted by atomic mass is 16.5. The van der Waals surface area contributed by atoms with Gasteiger partial charge >= 0.3 is 0 Å². The number of nitrogens with zero attached hydrogens (tertiary/aromatic N) is 1. The van der Waals surface area contributed by atoms with Crippen LogP contribution in [0.3, 0.4) is 0 Å². The maximum absolute atomic E-state index is 5.32. The molecule has 0 amide bonds. The molecule has 0 aliphatic carbocycles. The minimum atomic E-state index is 0.891. The summed E-state index contributed by atoms with van der Waals surface area (Å²) in [4.78, 5) is 0. The second-order valence-electron chi connectivity index (χ2n) is 3.30. The Bertz CT molecular complexity index is 417. The van der Waals surface area contributed by atoms with Crippen LogP contribution >= 0.6 is 0 Å².